The van der Waals surface area contributed by atoms with Gasteiger partial charge in [-0.25, -0.2) is 0 Å². The average Bonchev–Trinajstić information content (AvgIpc) is 2.36. The zero-order valence-electron chi connectivity index (χ0n) is 10.9. The van der Waals surface area contributed by atoms with E-state index in [4.69, 9.17) is 0 Å². The fraction of sp³-hybridized carbons (Fsp3) is 1.00. The molecule has 100 valence electrons. The topological polar surface area (TPSA) is 48.1 Å². The Labute approximate surface area is 105 Å². The van der Waals surface area contributed by atoms with Crippen molar-refractivity contribution in [1.82, 2.24) is 21.3 Å². The summed E-state index contributed by atoms with van der Waals surface area (Å²) in [4.78, 5) is 0. The van der Waals surface area contributed by atoms with Crippen molar-refractivity contribution in [2.24, 2.45) is 0 Å². The molecule has 2 fully saturated rings. The molecule has 0 aromatic rings. The van der Waals surface area contributed by atoms with Crippen molar-refractivity contribution in [3.8, 4) is 0 Å². The molecule has 4 heteroatoms. The van der Waals surface area contributed by atoms with Crippen LogP contribution in [0.5, 0.6) is 0 Å². The third-order valence-electron chi connectivity index (χ3n) is 3.77. The molecule has 2 saturated heterocycles. The molecule has 0 amide bonds. The molecule has 4 nitrogen and oxygen atoms in total. The summed E-state index contributed by atoms with van der Waals surface area (Å²) in [6.45, 7) is 6.86. The van der Waals surface area contributed by atoms with Crippen LogP contribution in [0.1, 0.15) is 32.1 Å². The van der Waals surface area contributed by atoms with Gasteiger partial charge >= 0.3 is 0 Å². The molecule has 2 heterocycles. The molecular weight excluding hydrogens is 212 g/mol. The summed E-state index contributed by atoms with van der Waals surface area (Å²) >= 11 is 0. The van der Waals surface area contributed by atoms with Gasteiger partial charge in [0.25, 0.3) is 0 Å². The summed E-state index contributed by atoms with van der Waals surface area (Å²) in [5.74, 6) is 0. The van der Waals surface area contributed by atoms with Crippen LogP contribution in [-0.2, 0) is 0 Å². The van der Waals surface area contributed by atoms with Crippen LogP contribution < -0.4 is 21.3 Å². The maximum absolute atomic E-state index is 3.77. The van der Waals surface area contributed by atoms with E-state index in [2.05, 4.69) is 21.3 Å². The second-order valence-electron chi connectivity index (χ2n) is 5.36. The normalized spacial score (nSPS) is 33.9. The van der Waals surface area contributed by atoms with E-state index in [1.165, 1.54) is 32.1 Å². The van der Waals surface area contributed by atoms with Gasteiger partial charge in [-0.1, -0.05) is 6.42 Å². The Morgan fingerprint density at radius 1 is 0.588 bits per heavy atom. The Balaban J connectivity index is 1.73. The minimum Gasteiger partial charge on any atom is -0.317 e. The van der Waals surface area contributed by atoms with Crippen molar-refractivity contribution in [1.29, 1.82) is 0 Å². The van der Waals surface area contributed by atoms with Crippen LogP contribution in [0.15, 0.2) is 0 Å². The Morgan fingerprint density at radius 2 is 1.12 bits per heavy atom. The van der Waals surface area contributed by atoms with Gasteiger partial charge in [0, 0.05) is 25.2 Å². The van der Waals surface area contributed by atoms with E-state index in [-0.39, 0.29) is 0 Å². The third kappa shape index (κ3) is 5.34. The van der Waals surface area contributed by atoms with E-state index in [1.807, 2.05) is 0 Å². The minimum absolute atomic E-state index is 0.687. The third-order valence-corrected chi connectivity index (χ3v) is 3.77. The Hall–Kier alpha value is -0.160. The van der Waals surface area contributed by atoms with Gasteiger partial charge in [0.15, 0.2) is 0 Å². The number of fused-ring (bicyclic) bond motifs is 2. The molecule has 0 aromatic heterocycles. The van der Waals surface area contributed by atoms with Crippen LogP contribution in [0, 0.1) is 0 Å². The molecule has 2 rings (SSSR count). The largest absolute Gasteiger partial charge is 0.317 e. The highest BCUT2D eigenvalue weighted by atomic mass is 15.1. The molecule has 0 saturated carbocycles. The number of hydrogen-bond acceptors (Lipinski definition) is 4. The number of rotatable bonds is 0. The maximum atomic E-state index is 3.77. The fourth-order valence-electron chi connectivity index (χ4n) is 2.79. The van der Waals surface area contributed by atoms with E-state index in [1.54, 1.807) is 0 Å². The second kappa shape index (κ2) is 8.03. The molecule has 2 atom stereocenters. The van der Waals surface area contributed by atoms with Crippen molar-refractivity contribution < 1.29 is 0 Å². The second-order valence-corrected chi connectivity index (χ2v) is 5.36. The van der Waals surface area contributed by atoms with Gasteiger partial charge in [0.05, 0.1) is 0 Å². The van der Waals surface area contributed by atoms with E-state index in [0.29, 0.717) is 12.1 Å². The molecule has 4 N–H and O–H groups in total. The van der Waals surface area contributed by atoms with Gasteiger partial charge in [-0.2, -0.15) is 0 Å². The standard InChI is InChI=1S/C13H28N4/c1-4-12-10-15-8-2-6-14-7-3-9-16-11-13(5-1)17-12/h12-17H,1-11H2. The zero-order chi connectivity index (χ0) is 11.8. The molecular formula is C13H28N4. The predicted molar refractivity (Wildman–Crippen MR) is 72.4 cm³/mol. The van der Waals surface area contributed by atoms with Crippen molar-refractivity contribution >= 4 is 0 Å². The molecule has 0 aliphatic carbocycles. The lowest BCUT2D eigenvalue weighted by atomic mass is 9.98. The molecule has 2 aliphatic heterocycles. The summed E-state index contributed by atoms with van der Waals surface area (Å²) < 4.78 is 0. The van der Waals surface area contributed by atoms with Crippen LogP contribution in [0.3, 0.4) is 0 Å². The number of piperidine rings is 1. The first-order valence-corrected chi connectivity index (χ1v) is 7.33. The van der Waals surface area contributed by atoms with Gasteiger partial charge < -0.3 is 21.3 Å². The molecule has 0 aromatic carbocycles. The van der Waals surface area contributed by atoms with E-state index in [9.17, 15) is 0 Å². The highest BCUT2D eigenvalue weighted by Gasteiger charge is 2.19. The first-order chi connectivity index (χ1) is 8.45. The van der Waals surface area contributed by atoms with Gasteiger partial charge in [-0.15, -0.1) is 0 Å². The summed E-state index contributed by atoms with van der Waals surface area (Å²) in [7, 11) is 0. The zero-order valence-corrected chi connectivity index (χ0v) is 10.9. The highest BCUT2D eigenvalue weighted by molar-refractivity contribution is 4.83. The van der Waals surface area contributed by atoms with Crippen molar-refractivity contribution in [3.05, 3.63) is 0 Å². The van der Waals surface area contributed by atoms with Crippen LogP contribution in [-0.4, -0.2) is 51.4 Å². The van der Waals surface area contributed by atoms with E-state index in [0.717, 1.165) is 39.3 Å². The molecule has 0 radical (unpaired) electrons. The highest BCUT2D eigenvalue weighted by Crippen LogP contribution is 2.11. The van der Waals surface area contributed by atoms with E-state index < -0.39 is 0 Å². The minimum atomic E-state index is 0.687. The van der Waals surface area contributed by atoms with Crippen molar-refractivity contribution in [2.45, 2.75) is 44.2 Å². The van der Waals surface area contributed by atoms with Crippen LogP contribution >= 0.6 is 0 Å². The van der Waals surface area contributed by atoms with Gasteiger partial charge in [0.2, 0.25) is 0 Å². The van der Waals surface area contributed by atoms with Gasteiger partial charge in [0.1, 0.15) is 0 Å². The Kier molecular flexibility index (Phi) is 6.27. The lowest BCUT2D eigenvalue weighted by molar-refractivity contribution is 0.301. The SMILES string of the molecule is C1CNCCCNCC2CCCC(CNC1)N2. The molecule has 17 heavy (non-hydrogen) atoms. The Morgan fingerprint density at radius 3 is 1.71 bits per heavy atom. The lowest BCUT2D eigenvalue weighted by Gasteiger charge is -2.31. The number of nitrogens with one attached hydrogen (secondary N) is 4. The first kappa shape index (κ1) is 13.3. The summed E-state index contributed by atoms with van der Waals surface area (Å²) in [5.41, 5.74) is 0. The predicted octanol–water partition coefficient (Wildman–Crippen LogP) is 0.0597. The molecule has 2 bridgehead atoms. The van der Waals surface area contributed by atoms with Crippen LogP contribution in [0.2, 0.25) is 0 Å². The van der Waals surface area contributed by atoms with Crippen LogP contribution in [0.25, 0.3) is 0 Å². The van der Waals surface area contributed by atoms with E-state index >= 15 is 0 Å². The smallest absolute Gasteiger partial charge is 0.0195 e. The Bertz CT molecular complexity index is 180. The number of hydrogen-bond donors (Lipinski definition) is 4. The molecule has 2 unspecified atom stereocenters. The molecule has 0 spiro atoms. The summed E-state index contributed by atoms with van der Waals surface area (Å²) in [6.07, 6.45) is 6.53. The van der Waals surface area contributed by atoms with Crippen molar-refractivity contribution in [2.75, 3.05) is 39.3 Å². The van der Waals surface area contributed by atoms with Crippen molar-refractivity contribution in [3.63, 3.8) is 0 Å². The lowest BCUT2D eigenvalue weighted by Crippen LogP contribution is -2.51. The fourth-order valence-corrected chi connectivity index (χ4v) is 2.79. The quantitative estimate of drug-likeness (QED) is 0.484. The summed E-state index contributed by atoms with van der Waals surface area (Å²) in [5, 5.41) is 14.4. The summed E-state index contributed by atoms with van der Waals surface area (Å²) in [6, 6.07) is 1.37. The average molecular weight is 240 g/mol. The first-order valence-electron chi connectivity index (χ1n) is 7.33. The maximum Gasteiger partial charge on any atom is 0.0195 e. The molecule has 2 aliphatic rings. The van der Waals surface area contributed by atoms with Crippen LogP contribution in [0.4, 0.5) is 0 Å². The van der Waals surface area contributed by atoms with Gasteiger partial charge in [-0.3, -0.25) is 0 Å². The van der Waals surface area contributed by atoms with Gasteiger partial charge in [-0.05, 0) is 51.9 Å². The monoisotopic (exact) mass is 240 g/mol.